The molecule has 0 saturated carbocycles. The first kappa shape index (κ1) is 19.9. The van der Waals surface area contributed by atoms with Crippen LogP contribution in [0.15, 0.2) is 59.5 Å². The number of nitrogens with one attached hydrogen (secondary N) is 2. The van der Waals surface area contributed by atoms with Crippen molar-refractivity contribution in [2.45, 2.75) is 24.0 Å². The second-order valence-electron chi connectivity index (χ2n) is 5.58. The fourth-order valence-electron chi connectivity index (χ4n) is 2.18. The number of alkyl halides is 3. The Labute approximate surface area is 149 Å². The van der Waals surface area contributed by atoms with Gasteiger partial charge < -0.3 is 5.32 Å². The Kier molecular flexibility index (Phi) is 6.04. The molecule has 0 heterocycles. The van der Waals surface area contributed by atoms with Crippen molar-refractivity contribution in [3.63, 3.8) is 0 Å². The van der Waals surface area contributed by atoms with Crippen molar-refractivity contribution in [2.75, 3.05) is 6.54 Å². The second-order valence-corrected chi connectivity index (χ2v) is 7.29. The molecule has 2 aromatic carbocycles. The topological polar surface area (TPSA) is 75.3 Å². The summed E-state index contributed by atoms with van der Waals surface area (Å²) in [7, 11) is -3.85. The second kappa shape index (κ2) is 7.88. The molecule has 0 fully saturated rings. The molecule has 0 radical (unpaired) electrons. The highest BCUT2D eigenvalue weighted by atomic mass is 32.2. The average Bonchev–Trinajstić information content (AvgIpc) is 2.59. The average molecular weight is 386 g/mol. The van der Waals surface area contributed by atoms with Crippen molar-refractivity contribution < 1.29 is 26.4 Å². The molecule has 0 aliphatic carbocycles. The summed E-state index contributed by atoms with van der Waals surface area (Å²) in [6.07, 6.45) is -4.52. The molecule has 9 heteroatoms. The molecule has 0 aliphatic heterocycles. The smallest absolute Gasteiger partial charge is 0.343 e. The first-order valence-corrected chi connectivity index (χ1v) is 9.09. The SMILES string of the molecule is C[C@@H](NS(=O)(=O)c1ccc(C(=O)NCC(F)(F)F)cc1)c1ccccc1. The van der Waals surface area contributed by atoms with Gasteiger partial charge in [-0.1, -0.05) is 30.3 Å². The predicted octanol–water partition coefficient (Wildman–Crippen LogP) is 3.02. The highest BCUT2D eigenvalue weighted by Crippen LogP contribution is 2.17. The Morgan fingerprint density at radius 2 is 1.62 bits per heavy atom. The number of benzene rings is 2. The van der Waals surface area contributed by atoms with Gasteiger partial charge in [0.1, 0.15) is 6.54 Å². The van der Waals surface area contributed by atoms with Crippen LogP contribution < -0.4 is 10.0 Å². The van der Waals surface area contributed by atoms with Gasteiger partial charge in [-0.2, -0.15) is 13.2 Å². The summed E-state index contributed by atoms with van der Waals surface area (Å²) in [4.78, 5) is 11.5. The Morgan fingerprint density at radius 1 is 1.04 bits per heavy atom. The standard InChI is InChI=1S/C17H17F3N2O3S/c1-12(13-5-3-2-4-6-13)22-26(24,25)15-9-7-14(8-10-15)16(23)21-11-17(18,19)20/h2-10,12,22H,11H2,1H3,(H,21,23)/t12-/m1/s1. The van der Waals surface area contributed by atoms with E-state index < -0.39 is 34.7 Å². The quantitative estimate of drug-likeness (QED) is 0.801. The lowest BCUT2D eigenvalue weighted by Crippen LogP contribution is -2.33. The Balaban J connectivity index is 2.07. The number of rotatable bonds is 6. The molecule has 0 saturated heterocycles. The number of carbonyl (C=O) groups is 1. The van der Waals surface area contributed by atoms with Gasteiger partial charge in [-0.15, -0.1) is 0 Å². The van der Waals surface area contributed by atoms with E-state index in [0.29, 0.717) is 0 Å². The van der Waals surface area contributed by atoms with Gasteiger partial charge >= 0.3 is 6.18 Å². The van der Waals surface area contributed by atoms with Crippen LogP contribution in [0.2, 0.25) is 0 Å². The van der Waals surface area contributed by atoms with Crippen molar-refractivity contribution >= 4 is 15.9 Å². The number of hydrogen-bond acceptors (Lipinski definition) is 3. The van der Waals surface area contributed by atoms with E-state index in [-0.39, 0.29) is 10.5 Å². The van der Waals surface area contributed by atoms with Crippen LogP contribution >= 0.6 is 0 Å². The van der Waals surface area contributed by atoms with Crippen molar-refractivity contribution in [1.29, 1.82) is 0 Å². The lowest BCUT2D eigenvalue weighted by Gasteiger charge is -2.15. The van der Waals surface area contributed by atoms with E-state index in [1.54, 1.807) is 36.5 Å². The number of sulfonamides is 1. The summed E-state index contributed by atoms with van der Waals surface area (Å²) < 4.78 is 63.6. The van der Waals surface area contributed by atoms with Gasteiger partial charge in [-0.3, -0.25) is 4.79 Å². The maximum Gasteiger partial charge on any atom is 0.405 e. The molecule has 0 unspecified atom stereocenters. The summed E-state index contributed by atoms with van der Waals surface area (Å²) in [5.74, 6) is -0.933. The number of carbonyl (C=O) groups excluding carboxylic acids is 1. The minimum atomic E-state index is -4.52. The summed E-state index contributed by atoms with van der Waals surface area (Å²) in [5, 5.41) is 1.72. The molecular formula is C17H17F3N2O3S. The third-order valence-electron chi connectivity index (χ3n) is 3.51. The Morgan fingerprint density at radius 3 is 2.15 bits per heavy atom. The molecular weight excluding hydrogens is 369 g/mol. The monoisotopic (exact) mass is 386 g/mol. The lowest BCUT2D eigenvalue weighted by atomic mass is 10.1. The number of halogens is 3. The fourth-order valence-corrected chi connectivity index (χ4v) is 3.41. The molecule has 0 aliphatic rings. The molecule has 0 bridgehead atoms. The summed E-state index contributed by atoms with van der Waals surface area (Å²) in [6.45, 7) is 0.230. The van der Waals surface area contributed by atoms with Gasteiger partial charge in [-0.25, -0.2) is 13.1 Å². The van der Waals surface area contributed by atoms with E-state index in [2.05, 4.69) is 4.72 Å². The normalized spacial score (nSPS) is 13.2. The molecule has 0 aromatic heterocycles. The zero-order valence-electron chi connectivity index (χ0n) is 13.7. The van der Waals surface area contributed by atoms with Crippen molar-refractivity contribution in [1.82, 2.24) is 10.0 Å². The van der Waals surface area contributed by atoms with Crippen LogP contribution in [0, 0.1) is 0 Å². The molecule has 2 aromatic rings. The molecule has 2 N–H and O–H groups in total. The van der Waals surface area contributed by atoms with Crippen LogP contribution in [0.4, 0.5) is 13.2 Å². The van der Waals surface area contributed by atoms with Gasteiger partial charge in [0, 0.05) is 11.6 Å². The fraction of sp³-hybridized carbons (Fsp3) is 0.235. The largest absolute Gasteiger partial charge is 0.405 e. The van der Waals surface area contributed by atoms with Gasteiger partial charge in [0.25, 0.3) is 5.91 Å². The molecule has 26 heavy (non-hydrogen) atoms. The van der Waals surface area contributed by atoms with E-state index in [1.807, 2.05) is 6.07 Å². The molecule has 1 amide bonds. The number of amides is 1. The van der Waals surface area contributed by atoms with Gasteiger partial charge in [0.15, 0.2) is 0 Å². The van der Waals surface area contributed by atoms with Crippen LogP contribution in [0.3, 0.4) is 0 Å². The first-order valence-electron chi connectivity index (χ1n) is 7.61. The summed E-state index contributed by atoms with van der Waals surface area (Å²) >= 11 is 0. The molecule has 2 rings (SSSR count). The van der Waals surface area contributed by atoms with E-state index >= 15 is 0 Å². The molecule has 0 spiro atoms. The van der Waals surface area contributed by atoms with E-state index in [9.17, 15) is 26.4 Å². The minimum Gasteiger partial charge on any atom is -0.343 e. The zero-order valence-corrected chi connectivity index (χ0v) is 14.6. The van der Waals surface area contributed by atoms with Crippen LogP contribution in [0.5, 0.6) is 0 Å². The molecule has 5 nitrogen and oxygen atoms in total. The van der Waals surface area contributed by atoms with Crippen molar-refractivity contribution in [2.24, 2.45) is 0 Å². The van der Waals surface area contributed by atoms with Crippen LogP contribution in [0.1, 0.15) is 28.9 Å². The predicted molar refractivity (Wildman–Crippen MR) is 90.0 cm³/mol. The van der Waals surface area contributed by atoms with Crippen molar-refractivity contribution in [3.05, 3.63) is 65.7 Å². The zero-order chi connectivity index (χ0) is 19.4. The van der Waals surface area contributed by atoms with Crippen LogP contribution in [-0.2, 0) is 10.0 Å². The third-order valence-corrected chi connectivity index (χ3v) is 5.06. The molecule has 140 valence electrons. The lowest BCUT2D eigenvalue weighted by molar-refractivity contribution is -0.123. The minimum absolute atomic E-state index is 0.0655. The maximum atomic E-state index is 12.4. The maximum absolute atomic E-state index is 12.4. The molecule has 1 atom stereocenters. The summed E-state index contributed by atoms with van der Waals surface area (Å²) in [6, 6.07) is 13.1. The number of hydrogen-bond donors (Lipinski definition) is 2. The highest BCUT2D eigenvalue weighted by Gasteiger charge is 2.28. The highest BCUT2D eigenvalue weighted by molar-refractivity contribution is 7.89. The van der Waals surface area contributed by atoms with Crippen LogP contribution in [0.25, 0.3) is 0 Å². The Bertz CT molecular complexity index is 851. The van der Waals surface area contributed by atoms with Crippen molar-refractivity contribution in [3.8, 4) is 0 Å². The van der Waals surface area contributed by atoms with Crippen LogP contribution in [-0.4, -0.2) is 27.0 Å². The first-order chi connectivity index (χ1) is 12.1. The van der Waals surface area contributed by atoms with E-state index in [1.165, 1.54) is 12.1 Å². The van der Waals surface area contributed by atoms with Gasteiger partial charge in [0.05, 0.1) is 4.90 Å². The van der Waals surface area contributed by atoms with E-state index in [0.717, 1.165) is 17.7 Å². The van der Waals surface area contributed by atoms with E-state index in [4.69, 9.17) is 0 Å². The van der Waals surface area contributed by atoms with Gasteiger partial charge in [0.2, 0.25) is 10.0 Å². The Hall–Kier alpha value is -2.39. The third kappa shape index (κ3) is 5.57. The van der Waals surface area contributed by atoms with Gasteiger partial charge in [-0.05, 0) is 36.8 Å². The summed E-state index contributed by atoms with van der Waals surface area (Å²) in [5.41, 5.74) is 0.712.